The molecule has 1 N–H and O–H groups in total. The van der Waals surface area contributed by atoms with Crippen LogP contribution < -0.4 is 0 Å². The highest BCUT2D eigenvalue weighted by Crippen LogP contribution is 2.39. The first kappa shape index (κ1) is 22.7. The van der Waals surface area contributed by atoms with Crippen molar-refractivity contribution >= 4 is 30.5 Å². The van der Waals surface area contributed by atoms with Crippen molar-refractivity contribution in [3.63, 3.8) is 0 Å². The molecule has 2 atom stereocenters. The number of carbonyl (C=O) groups is 2. The lowest BCUT2D eigenvalue weighted by Crippen LogP contribution is -2.42. The molecule has 0 amide bonds. The van der Waals surface area contributed by atoms with E-state index in [1.807, 2.05) is 6.08 Å². The number of thiol groups is 1. The predicted molar refractivity (Wildman–Crippen MR) is 121 cm³/mol. The second-order valence-corrected chi connectivity index (χ2v) is 9.12. The Morgan fingerprint density at radius 3 is 2.78 bits per heavy atom. The fourth-order valence-electron chi connectivity index (χ4n) is 4.14. The lowest BCUT2D eigenvalue weighted by molar-refractivity contribution is -0.137. The second-order valence-electron chi connectivity index (χ2n) is 8.50. The van der Waals surface area contributed by atoms with Crippen molar-refractivity contribution in [2.75, 3.05) is 13.1 Å². The molecule has 0 spiro atoms. The van der Waals surface area contributed by atoms with E-state index in [0.717, 1.165) is 24.8 Å². The monoisotopic (exact) mass is 458 g/mol. The molecule has 2 heterocycles. The minimum absolute atomic E-state index is 0.0145. The van der Waals surface area contributed by atoms with Crippen LogP contribution in [-0.4, -0.2) is 55.1 Å². The maximum atomic E-state index is 14.6. The van der Waals surface area contributed by atoms with Crippen LogP contribution in [0.25, 0.3) is 6.08 Å². The summed E-state index contributed by atoms with van der Waals surface area (Å²) in [7, 11) is 0. The fraction of sp³-hybridized carbons (Fsp3) is 0.478. The lowest BCUT2D eigenvalue weighted by Gasteiger charge is -2.37. The van der Waals surface area contributed by atoms with Crippen molar-refractivity contribution < 1.29 is 19.1 Å². The smallest absolute Gasteiger partial charge is 0.303 e. The van der Waals surface area contributed by atoms with Crippen LogP contribution in [0.4, 0.5) is 4.39 Å². The maximum absolute atomic E-state index is 14.6. The number of piperidine rings is 1. The van der Waals surface area contributed by atoms with Crippen LogP contribution in [0.3, 0.4) is 0 Å². The maximum Gasteiger partial charge on any atom is 0.303 e. The Hall–Kier alpha value is -2.52. The van der Waals surface area contributed by atoms with Gasteiger partial charge in [0, 0.05) is 42.8 Å². The molecule has 170 valence electrons. The Morgan fingerprint density at radius 1 is 1.28 bits per heavy atom. The SMILES string of the molecule is O=C(O)CCCn1cc(C=C2CN(C(C(=O)C3CC3)c3ccccc3F)CCC2S)nn1. The Labute approximate surface area is 191 Å². The van der Waals surface area contributed by atoms with Gasteiger partial charge in [-0.05, 0) is 43.4 Å². The molecular formula is C23H27FN4O3S. The normalized spacial score (nSPS) is 21.6. The van der Waals surface area contributed by atoms with Gasteiger partial charge in [0.2, 0.25) is 0 Å². The van der Waals surface area contributed by atoms with E-state index >= 15 is 0 Å². The number of carboxylic acid groups (broad SMARTS) is 1. The highest BCUT2D eigenvalue weighted by atomic mass is 32.1. The molecule has 2 aliphatic rings. The van der Waals surface area contributed by atoms with Crippen molar-refractivity contribution in [3.05, 3.63) is 53.1 Å². The number of rotatable bonds is 9. The third-order valence-electron chi connectivity index (χ3n) is 5.99. The number of nitrogens with zero attached hydrogens (tertiary/aromatic N) is 4. The average Bonchev–Trinajstić information content (AvgIpc) is 3.52. The first-order chi connectivity index (χ1) is 15.4. The molecule has 1 saturated heterocycles. The molecule has 4 rings (SSSR count). The van der Waals surface area contributed by atoms with E-state index in [0.29, 0.717) is 37.3 Å². The molecule has 0 radical (unpaired) electrons. The van der Waals surface area contributed by atoms with Crippen LogP contribution in [0.2, 0.25) is 0 Å². The van der Waals surface area contributed by atoms with E-state index < -0.39 is 12.0 Å². The third kappa shape index (κ3) is 5.45. The van der Waals surface area contributed by atoms with Crippen LogP contribution in [-0.2, 0) is 16.1 Å². The molecule has 2 fully saturated rings. The minimum atomic E-state index is -0.835. The molecule has 2 unspecified atom stereocenters. The zero-order valence-corrected chi connectivity index (χ0v) is 18.6. The number of carboxylic acids is 1. The molecule has 7 nitrogen and oxygen atoms in total. The van der Waals surface area contributed by atoms with E-state index in [-0.39, 0.29) is 29.2 Å². The van der Waals surface area contributed by atoms with Gasteiger partial charge in [0.05, 0.1) is 12.2 Å². The molecule has 0 bridgehead atoms. The standard InChI is InChI=1S/C23H27FN4O3S/c24-19-5-2-1-4-18(19)22(23(31)15-7-8-15)27-11-9-20(32)16(13-27)12-17-14-28(26-25-17)10-3-6-21(29)30/h1-2,4-5,12,14-15,20,22,32H,3,6-11,13H2,(H,29,30). The Kier molecular flexibility index (Phi) is 7.05. The molecule has 32 heavy (non-hydrogen) atoms. The van der Waals surface area contributed by atoms with Gasteiger partial charge in [0.15, 0.2) is 5.78 Å². The summed E-state index contributed by atoms with van der Waals surface area (Å²) in [5.74, 6) is -1.07. The van der Waals surface area contributed by atoms with E-state index in [1.54, 1.807) is 29.1 Å². The van der Waals surface area contributed by atoms with Gasteiger partial charge in [0.25, 0.3) is 0 Å². The van der Waals surface area contributed by atoms with E-state index in [9.17, 15) is 14.0 Å². The van der Waals surface area contributed by atoms with Crippen LogP contribution in [0.5, 0.6) is 0 Å². The molecule has 1 aromatic heterocycles. The van der Waals surface area contributed by atoms with E-state index in [4.69, 9.17) is 17.7 Å². The fourth-order valence-corrected chi connectivity index (χ4v) is 4.42. The van der Waals surface area contributed by atoms with Crippen LogP contribution in [0.1, 0.15) is 49.4 Å². The number of hydrogen-bond donors (Lipinski definition) is 2. The zero-order chi connectivity index (χ0) is 22.7. The third-order valence-corrected chi connectivity index (χ3v) is 6.57. The van der Waals surface area contributed by atoms with Crippen LogP contribution in [0, 0.1) is 11.7 Å². The molecule has 1 aromatic carbocycles. The van der Waals surface area contributed by atoms with Crippen molar-refractivity contribution in [3.8, 4) is 0 Å². The summed E-state index contributed by atoms with van der Waals surface area (Å²) in [6.45, 7) is 1.63. The predicted octanol–water partition coefficient (Wildman–Crippen LogP) is 3.39. The zero-order valence-electron chi connectivity index (χ0n) is 17.7. The number of aryl methyl sites for hydroxylation is 1. The van der Waals surface area contributed by atoms with Crippen LogP contribution in [0.15, 0.2) is 36.0 Å². The lowest BCUT2D eigenvalue weighted by atomic mass is 9.93. The summed E-state index contributed by atoms with van der Waals surface area (Å²) in [5, 5.41) is 17.0. The number of halogens is 1. The van der Waals surface area contributed by atoms with Crippen molar-refractivity contribution in [1.29, 1.82) is 0 Å². The molecule has 1 aliphatic heterocycles. The number of likely N-dealkylation sites (tertiary alicyclic amines) is 1. The Morgan fingerprint density at radius 2 is 2.06 bits per heavy atom. The highest BCUT2D eigenvalue weighted by molar-refractivity contribution is 7.81. The van der Waals surface area contributed by atoms with E-state index in [2.05, 4.69) is 15.2 Å². The largest absolute Gasteiger partial charge is 0.481 e. The summed E-state index contributed by atoms with van der Waals surface area (Å²) in [6, 6.07) is 5.94. The minimum Gasteiger partial charge on any atom is -0.481 e. The van der Waals surface area contributed by atoms with Gasteiger partial charge in [-0.1, -0.05) is 23.4 Å². The molecule has 2 aromatic rings. The van der Waals surface area contributed by atoms with E-state index in [1.165, 1.54) is 6.07 Å². The Balaban J connectivity index is 1.52. The summed E-state index contributed by atoms with van der Waals surface area (Å²) < 4.78 is 16.3. The Bertz CT molecular complexity index is 1020. The van der Waals surface area contributed by atoms with Crippen molar-refractivity contribution in [1.82, 2.24) is 19.9 Å². The van der Waals surface area contributed by atoms with Crippen molar-refractivity contribution in [2.24, 2.45) is 5.92 Å². The summed E-state index contributed by atoms with van der Waals surface area (Å²) in [5.41, 5.74) is 2.10. The number of ketones is 1. The van der Waals surface area contributed by atoms with Gasteiger partial charge in [-0.2, -0.15) is 12.6 Å². The van der Waals surface area contributed by atoms with Gasteiger partial charge in [-0.25, -0.2) is 4.39 Å². The quantitative estimate of drug-likeness (QED) is 0.560. The topological polar surface area (TPSA) is 88.3 Å². The first-order valence-electron chi connectivity index (χ1n) is 10.9. The summed E-state index contributed by atoms with van der Waals surface area (Å²) in [4.78, 5) is 25.9. The van der Waals surface area contributed by atoms with Crippen LogP contribution >= 0.6 is 12.6 Å². The van der Waals surface area contributed by atoms with Gasteiger partial charge in [0.1, 0.15) is 11.5 Å². The second kappa shape index (κ2) is 9.95. The molecular weight excluding hydrogens is 431 g/mol. The molecule has 1 saturated carbocycles. The average molecular weight is 459 g/mol. The van der Waals surface area contributed by atoms with Crippen molar-refractivity contribution in [2.45, 2.75) is 49.9 Å². The molecule has 1 aliphatic carbocycles. The first-order valence-corrected chi connectivity index (χ1v) is 11.5. The number of aromatic nitrogens is 3. The molecule has 9 heteroatoms. The number of aliphatic carboxylic acids is 1. The summed E-state index contributed by atoms with van der Waals surface area (Å²) in [6.07, 6.45) is 6.75. The van der Waals surface area contributed by atoms with Gasteiger partial charge in [-0.3, -0.25) is 19.2 Å². The van der Waals surface area contributed by atoms with Gasteiger partial charge < -0.3 is 5.11 Å². The number of carbonyl (C=O) groups excluding carboxylic acids is 1. The highest BCUT2D eigenvalue weighted by Gasteiger charge is 2.40. The number of benzene rings is 1. The number of hydrogen-bond acceptors (Lipinski definition) is 6. The van der Waals surface area contributed by atoms with Gasteiger partial charge >= 0.3 is 5.97 Å². The van der Waals surface area contributed by atoms with Gasteiger partial charge in [-0.15, -0.1) is 5.10 Å². The summed E-state index contributed by atoms with van der Waals surface area (Å²) >= 11 is 4.72. The number of Topliss-reactive ketones (excluding diaryl/α,β-unsaturated/α-hetero) is 1.